The Morgan fingerprint density at radius 3 is 2.48 bits per heavy atom. The van der Waals surface area contributed by atoms with Crippen molar-refractivity contribution < 1.29 is 0 Å². The predicted octanol–water partition coefficient (Wildman–Crippen LogP) is 3.65. The van der Waals surface area contributed by atoms with Crippen LogP contribution in [0.15, 0.2) is 59.7 Å². The molecular weight excluding hydrogens is 308 g/mol. The number of nitrogens with one attached hydrogen (secondary N) is 2. The molecule has 0 saturated heterocycles. The monoisotopic (exact) mass is 336 g/mol. The molecule has 0 bridgehead atoms. The molecule has 0 unspecified atom stereocenters. The van der Waals surface area contributed by atoms with Crippen LogP contribution in [-0.4, -0.2) is 24.0 Å². The zero-order valence-electron chi connectivity index (χ0n) is 15.0. The summed E-state index contributed by atoms with van der Waals surface area (Å²) >= 11 is 0. The van der Waals surface area contributed by atoms with Gasteiger partial charge in [-0.2, -0.15) is 0 Å². The van der Waals surface area contributed by atoms with Gasteiger partial charge in [0.05, 0.1) is 12.2 Å². The molecule has 25 heavy (non-hydrogen) atoms. The van der Waals surface area contributed by atoms with E-state index in [2.05, 4.69) is 52.9 Å². The third kappa shape index (κ3) is 4.59. The lowest BCUT2D eigenvalue weighted by Crippen LogP contribution is -2.44. The average molecular weight is 336 g/mol. The fraction of sp³-hybridized carbons (Fsp3) is 0.429. The zero-order chi connectivity index (χ0) is 17.4. The lowest BCUT2D eigenvalue weighted by Gasteiger charge is -2.30. The van der Waals surface area contributed by atoms with Crippen molar-refractivity contribution in [2.24, 2.45) is 4.99 Å². The second kappa shape index (κ2) is 8.65. The number of hydrogen-bond donors (Lipinski definition) is 2. The van der Waals surface area contributed by atoms with Crippen LogP contribution in [0.25, 0.3) is 0 Å². The van der Waals surface area contributed by atoms with Crippen molar-refractivity contribution in [2.75, 3.05) is 13.1 Å². The third-order valence-corrected chi connectivity index (χ3v) is 5.01. The summed E-state index contributed by atoms with van der Waals surface area (Å²) in [6, 6.07) is 16.9. The van der Waals surface area contributed by atoms with Gasteiger partial charge in [0.1, 0.15) is 0 Å². The molecule has 1 aromatic heterocycles. The number of hydrogen-bond acceptors (Lipinski definition) is 2. The first-order valence-electron chi connectivity index (χ1n) is 9.30. The van der Waals surface area contributed by atoms with Gasteiger partial charge in [0.25, 0.3) is 0 Å². The van der Waals surface area contributed by atoms with Gasteiger partial charge in [-0.05, 0) is 37.5 Å². The molecule has 1 aromatic carbocycles. The highest BCUT2D eigenvalue weighted by Crippen LogP contribution is 2.40. The van der Waals surface area contributed by atoms with Crippen LogP contribution in [0.5, 0.6) is 0 Å². The Bertz CT molecular complexity index is 661. The fourth-order valence-electron chi connectivity index (χ4n) is 3.66. The molecule has 0 spiro atoms. The number of nitrogens with zero attached hydrogens (tertiary/aromatic N) is 2. The van der Waals surface area contributed by atoms with Crippen LogP contribution in [0.2, 0.25) is 0 Å². The number of guanidine groups is 1. The van der Waals surface area contributed by atoms with E-state index in [1.54, 1.807) is 0 Å². The summed E-state index contributed by atoms with van der Waals surface area (Å²) in [5, 5.41) is 6.94. The van der Waals surface area contributed by atoms with E-state index < -0.39 is 0 Å². The van der Waals surface area contributed by atoms with Gasteiger partial charge < -0.3 is 10.6 Å². The summed E-state index contributed by atoms with van der Waals surface area (Å²) in [7, 11) is 0. The molecule has 2 aromatic rings. The Balaban J connectivity index is 1.69. The third-order valence-electron chi connectivity index (χ3n) is 5.01. The van der Waals surface area contributed by atoms with Gasteiger partial charge in [0.15, 0.2) is 5.96 Å². The van der Waals surface area contributed by atoms with Crippen LogP contribution in [-0.2, 0) is 12.0 Å². The zero-order valence-corrected chi connectivity index (χ0v) is 15.0. The van der Waals surface area contributed by atoms with Gasteiger partial charge in [0, 0.05) is 24.7 Å². The molecule has 0 radical (unpaired) electrons. The minimum absolute atomic E-state index is 0.225. The summed E-state index contributed by atoms with van der Waals surface area (Å²) in [6.07, 6.45) is 6.90. The molecule has 0 amide bonds. The van der Waals surface area contributed by atoms with E-state index in [-0.39, 0.29) is 5.41 Å². The molecule has 1 heterocycles. The van der Waals surface area contributed by atoms with Crippen LogP contribution >= 0.6 is 0 Å². The van der Waals surface area contributed by atoms with E-state index in [9.17, 15) is 0 Å². The van der Waals surface area contributed by atoms with Crippen molar-refractivity contribution in [1.82, 2.24) is 15.6 Å². The van der Waals surface area contributed by atoms with Gasteiger partial charge in [-0.1, -0.05) is 49.2 Å². The van der Waals surface area contributed by atoms with E-state index in [0.29, 0.717) is 6.54 Å². The summed E-state index contributed by atoms with van der Waals surface area (Å²) in [5.74, 6) is 0.871. The summed E-state index contributed by atoms with van der Waals surface area (Å²) < 4.78 is 0. The SMILES string of the molecule is CCNC(=NCc1ccccn1)NCC1(c2ccccc2)CCCC1. The maximum absolute atomic E-state index is 4.70. The Morgan fingerprint density at radius 2 is 1.80 bits per heavy atom. The maximum Gasteiger partial charge on any atom is 0.191 e. The largest absolute Gasteiger partial charge is 0.357 e. The van der Waals surface area contributed by atoms with Gasteiger partial charge in [-0.15, -0.1) is 0 Å². The molecule has 2 N–H and O–H groups in total. The Morgan fingerprint density at radius 1 is 1.04 bits per heavy atom. The first kappa shape index (κ1) is 17.5. The second-order valence-corrected chi connectivity index (χ2v) is 6.72. The number of aromatic nitrogens is 1. The van der Waals surface area contributed by atoms with Crippen LogP contribution in [0.3, 0.4) is 0 Å². The van der Waals surface area contributed by atoms with E-state index in [1.807, 2.05) is 24.4 Å². The van der Waals surface area contributed by atoms with Gasteiger partial charge >= 0.3 is 0 Å². The van der Waals surface area contributed by atoms with Gasteiger partial charge in [-0.25, -0.2) is 4.99 Å². The van der Waals surface area contributed by atoms with E-state index in [4.69, 9.17) is 4.99 Å². The second-order valence-electron chi connectivity index (χ2n) is 6.72. The highest BCUT2D eigenvalue weighted by Gasteiger charge is 2.35. The van der Waals surface area contributed by atoms with Gasteiger partial charge in [-0.3, -0.25) is 4.98 Å². The van der Waals surface area contributed by atoms with Crippen molar-refractivity contribution in [3.8, 4) is 0 Å². The lowest BCUT2D eigenvalue weighted by molar-refractivity contribution is 0.431. The van der Waals surface area contributed by atoms with E-state index in [0.717, 1.165) is 24.7 Å². The number of rotatable bonds is 6. The normalized spacial score (nSPS) is 16.6. The van der Waals surface area contributed by atoms with E-state index in [1.165, 1.54) is 31.2 Å². The fourth-order valence-corrected chi connectivity index (χ4v) is 3.66. The molecule has 1 aliphatic rings. The Hall–Kier alpha value is -2.36. The van der Waals surface area contributed by atoms with Crippen LogP contribution < -0.4 is 10.6 Å². The molecule has 0 aliphatic heterocycles. The van der Waals surface area contributed by atoms with Crippen molar-refractivity contribution in [2.45, 2.75) is 44.6 Å². The average Bonchev–Trinajstić information content (AvgIpc) is 3.16. The van der Waals surface area contributed by atoms with Crippen molar-refractivity contribution in [3.63, 3.8) is 0 Å². The van der Waals surface area contributed by atoms with Crippen molar-refractivity contribution in [1.29, 1.82) is 0 Å². The molecule has 4 heteroatoms. The highest BCUT2D eigenvalue weighted by molar-refractivity contribution is 5.79. The first-order chi connectivity index (χ1) is 12.3. The number of pyridine rings is 1. The topological polar surface area (TPSA) is 49.3 Å². The number of benzene rings is 1. The molecule has 0 atom stereocenters. The van der Waals surface area contributed by atoms with Crippen LogP contribution in [0.4, 0.5) is 0 Å². The summed E-state index contributed by atoms with van der Waals surface area (Å²) in [5.41, 5.74) is 2.65. The quantitative estimate of drug-likeness (QED) is 0.625. The van der Waals surface area contributed by atoms with Crippen LogP contribution in [0, 0.1) is 0 Å². The molecular formula is C21H28N4. The Labute approximate surface area is 150 Å². The number of aliphatic imine (C=N–C) groups is 1. The molecule has 1 aliphatic carbocycles. The molecule has 132 valence electrons. The summed E-state index contributed by atoms with van der Waals surface area (Å²) in [4.78, 5) is 9.05. The Kier molecular flexibility index (Phi) is 6.04. The minimum Gasteiger partial charge on any atom is -0.357 e. The van der Waals surface area contributed by atoms with E-state index >= 15 is 0 Å². The maximum atomic E-state index is 4.70. The predicted molar refractivity (Wildman–Crippen MR) is 104 cm³/mol. The van der Waals surface area contributed by atoms with Crippen molar-refractivity contribution >= 4 is 5.96 Å². The lowest BCUT2D eigenvalue weighted by atomic mass is 9.79. The summed E-state index contributed by atoms with van der Waals surface area (Å²) in [6.45, 7) is 4.46. The highest BCUT2D eigenvalue weighted by atomic mass is 15.2. The molecule has 1 fully saturated rings. The first-order valence-corrected chi connectivity index (χ1v) is 9.30. The smallest absolute Gasteiger partial charge is 0.191 e. The minimum atomic E-state index is 0.225. The molecule has 4 nitrogen and oxygen atoms in total. The molecule has 3 rings (SSSR count). The van der Waals surface area contributed by atoms with Crippen LogP contribution in [0.1, 0.15) is 43.9 Å². The molecule has 1 saturated carbocycles. The van der Waals surface area contributed by atoms with Crippen molar-refractivity contribution in [3.05, 3.63) is 66.0 Å². The van der Waals surface area contributed by atoms with Gasteiger partial charge in [0.2, 0.25) is 0 Å². The standard InChI is InChI=1S/C21H28N4/c1-2-22-20(24-16-19-12-6-9-15-23-19)25-17-21(13-7-8-14-21)18-10-4-3-5-11-18/h3-6,9-12,15H,2,7-8,13-14,16-17H2,1H3,(H2,22,24,25).